The Morgan fingerprint density at radius 1 is 0.356 bits per heavy atom. The summed E-state index contributed by atoms with van der Waals surface area (Å²) in [7, 11) is -3.93. The van der Waals surface area contributed by atoms with Gasteiger partial charge in [-0.2, -0.15) is 0 Å². The van der Waals surface area contributed by atoms with Crippen molar-refractivity contribution in [2.75, 3.05) is 0 Å². The first kappa shape index (κ1) is 35.7. The van der Waals surface area contributed by atoms with Crippen LogP contribution in [0.15, 0.2) is 10.1 Å². The van der Waals surface area contributed by atoms with Crippen molar-refractivity contribution in [3.05, 3.63) is 10.1 Å². The molecule has 6 aliphatic carbocycles. The van der Waals surface area contributed by atoms with E-state index >= 15 is 0 Å². The molecule has 0 aliphatic heterocycles. The molecular formula is C42H77ClP2. The quantitative estimate of drug-likeness (QED) is 0.224. The molecule has 0 nitrogen and oxygen atoms in total. The molecule has 0 N–H and O–H groups in total. The van der Waals surface area contributed by atoms with Crippen LogP contribution in [0.3, 0.4) is 0 Å². The fraction of sp³-hybridized carbons (Fsp3) is 0.952. The van der Waals surface area contributed by atoms with E-state index in [2.05, 4.69) is 26.1 Å². The molecule has 6 aliphatic rings. The van der Waals surface area contributed by atoms with Crippen molar-refractivity contribution in [2.45, 2.75) is 247 Å². The van der Waals surface area contributed by atoms with E-state index in [0.717, 1.165) is 34.0 Å². The number of hydrogen-bond donors (Lipinski definition) is 0. The second kappa shape index (κ2) is 16.3. The van der Waals surface area contributed by atoms with Gasteiger partial charge in [-0.3, -0.25) is 0 Å². The minimum atomic E-state index is -1.99. The Morgan fingerprint density at radius 3 is 0.756 bits per heavy atom. The monoisotopic (exact) mass is 679 g/mol. The van der Waals surface area contributed by atoms with Gasteiger partial charge in [0.15, 0.2) is 0 Å². The Bertz CT molecular complexity index is 835. The van der Waals surface area contributed by atoms with Gasteiger partial charge in [0.05, 0.1) is 0 Å². The molecule has 0 heterocycles. The van der Waals surface area contributed by atoms with Gasteiger partial charge in [-0.25, -0.2) is 0 Å². The van der Waals surface area contributed by atoms with Crippen LogP contribution in [-0.2, 0) is 0 Å². The molecule has 0 spiro atoms. The molecular weight excluding hydrogens is 602 g/mol. The zero-order chi connectivity index (χ0) is 31.3. The fourth-order valence-electron chi connectivity index (χ4n) is 14.0. The molecule has 0 unspecified atom stereocenters. The molecule has 0 aromatic heterocycles. The Kier molecular flexibility index (Phi) is 12.9. The summed E-state index contributed by atoms with van der Waals surface area (Å²) < 4.78 is 1.76. The van der Waals surface area contributed by atoms with E-state index in [1.54, 1.807) is 43.3 Å². The first-order valence-corrected chi connectivity index (χ1v) is 26.2. The van der Waals surface area contributed by atoms with Crippen molar-refractivity contribution < 1.29 is 0 Å². The van der Waals surface area contributed by atoms with Gasteiger partial charge < -0.3 is 0 Å². The standard InChI is InChI=1S/C42H77ClP2/c1-42(2,3)40(44(34-22-10-4-11-23-34,35-24-12-5-13-25-35)36-26-14-6-15-27-36)41(43)45(37-28-16-7-17-29-37,38-30-18-8-19-31-38)39-32-20-9-21-33-39/h34-39,44-45H,4-33H2,1-3H3. The average molecular weight is 679 g/mol. The molecule has 0 radical (unpaired) electrons. The molecule has 0 atom stereocenters. The Hall–Kier alpha value is 0.890. The molecule has 6 rings (SSSR count). The van der Waals surface area contributed by atoms with Gasteiger partial charge in [-0.1, -0.05) is 0 Å². The summed E-state index contributed by atoms with van der Waals surface area (Å²) in [6, 6.07) is 0. The van der Waals surface area contributed by atoms with Crippen LogP contribution >= 0.6 is 26.1 Å². The van der Waals surface area contributed by atoms with Gasteiger partial charge in [-0.15, -0.1) is 0 Å². The molecule has 6 saturated carbocycles. The van der Waals surface area contributed by atoms with Crippen LogP contribution in [-0.4, -0.2) is 34.0 Å². The minimum absolute atomic E-state index is 0.228. The zero-order valence-electron chi connectivity index (χ0n) is 30.6. The molecule has 0 bridgehead atoms. The first-order chi connectivity index (χ1) is 21.9. The second-order valence-corrected chi connectivity index (χ2v) is 29.1. The molecule has 0 saturated heterocycles. The summed E-state index contributed by atoms with van der Waals surface area (Å²) in [5.74, 6) is 0. The van der Waals surface area contributed by atoms with Crippen molar-refractivity contribution in [2.24, 2.45) is 5.41 Å². The predicted molar refractivity (Wildman–Crippen MR) is 210 cm³/mol. The summed E-state index contributed by atoms with van der Waals surface area (Å²) >= 11 is 8.97. The predicted octanol–water partition coefficient (Wildman–Crippen LogP) is 14.9. The Morgan fingerprint density at radius 2 is 0.556 bits per heavy atom. The molecule has 0 aromatic carbocycles. The maximum atomic E-state index is 8.97. The zero-order valence-corrected chi connectivity index (χ0v) is 33.3. The van der Waals surface area contributed by atoms with Crippen LogP contribution < -0.4 is 0 Å². The van der Waals surface area contributed by atoms with Crippen molar-refractivity contribution in [1.82, 2.24) is 0 Å². The van der Waals surface area contributed by atoms with Gasteiger partial charge in [-0.05, 0) is 0 Å². The van der Waals surface area contributed by atoms with Crippen molar-refractivity contribution in [3.8, 4) is 0 Å². The molecule has 0 amide bonds. The van der Waals surface area contributed by atoms with Crippen LogP contribution in [0, 0.1) is 5.41 Å². The normalized spacial score (nSPS) is 29.0. The van der Waals surface area contributed by atoms with E-state index in [-0.39, 0.29) is 5.41 Å². The van der Waals surface area contributed by atoms with Gasteiger partial charge in [0.1, 0.15) is 0 Å². The van der Waals surface area contributed by atoms with Gasteiger partial charge in [0.2, 0.25) is 0 Å². The Labute approximate surface area is 287 Å². The molecule has 45 heavy (non-hydrogen) atoms. The summed E-state index contributed by atoms with van der Waals surface area (Å²) in [5, 5.41) is 2.11. The van der Waals surface area contributed by atoms with Crippen LogP contribution in [0.4, 0.5) is 0 Å². The average Bonchev–Trinajstić information content (AvgIpc) is 3.09. The molecule has 6 fully saturated rings. The molecule has 3 heteroatoms. The number of allylic oxidation sites excluding steroid dienone is 1. The molecule has 0 aromatic rings. The van der Waals surface area contributed by atoms with E-state index < -0.39 is 14.5 Å². The third-order valence-corrected chi connectivity index (χ3v) is 31.5. The van der Waals surface area contributed by atoms with Crippen molar-refractivity contribution >= 4 is 26.1 Å². The van der Waals surface area contributed by atoms with Crippen LogP contribution in [0.5, 0.6) is 0 Å². The van der Waals surface area contributed by atoms with E-state index in [4.69, 9.17) is 11.6 Å². The van der Waals surface area contributed by atoms with Crippen LogP contribution in [0.25, 0.3) is 0 Å². The topological polar surface area (TPSA) is 0 Å². The van der Waals surface area contributed by atoms with Gasteiger partial charge in [0.25, 0.3) is 0 Å². The van der Waals surface area contributed by atoms with Crippen molar-refractivity contribution in [3.63, 3.8) is 0 Å². The van der Waals surface area contributed by atoms with E-state index in [0.29, 0.717) is 0 Å². The summed E-state index contributed by atoms with van der Waals surface area (Å²) in [6.07, 6.45) is 45.7. The third-order valence-electron chi connectivity index (χ3n) is 15.5. The van der Waals surface area contributed by atoms with Gasteiger partial charge >= 0.3 is 289 Å². The third kappa shape index (κ3) is 7.23. The fourth-order valence-corrected chi connectivity index (χ4v) is 34.4. The van der Waals surface area contributed by atoms with Gasteiger partial charge in [0, 0.05) is 0 Å². The van der Waals surface area contributed by atoms with E-state index in [1.165, 1.54) is 154 Å². The Balaban J connectivity index is 1.65. The second-order valence-electron chi connectivity index (χ2n) is 18.8. The van der Waals surface area contributed by atoms with Crippen LogP contribution in [0.2, 0.25) is 0 Å². The summed E-state index contributed by atoms with van der Waals surface area (Å²) in [4.78, 5) is 0. The SMILES string of the molecule is CC(C)(C)C(=C(Cl)[PH](C1CCCCC1)(C1CCCCC1)C1CCCCC1)[PH](C1CCCCC1)(C1CCCCC1)C1CCCCC1. The maximum absolute atomic E-state index is 8.97. The molecule has 262 valence electrons. The van der Waals surface area contributed by atoms with E-state index in [9.17, 15) is 0 Å². The first-order valence-electron chi connectivity index (χ1n) is 21.3. The number of rotatable bonds is 8. The summed E-state index contributed by atoms with van der Waals surface area (Å²) in [5.41, 5.74) is 6.25. The summed E-state index contributed by atoms with van der Waals surface area (Å²) in [6.45, 7) is 8.17. The number of hydrogen-bond acceptors (Lipinski definition) is 0. The van der Waals surface area contributed by atoms with E-state index in [1.807, 2.05) is 0 Å². The van der Waals surface area contributed by atoms with Crippen LogP contribution in [0.1, 0.15) is 213 Å². The van der Waals surface area contributed by atoms with Crippen molar-refractivity contribution in [1.29, 1.82) is 0 Å². The number of halogens is 1.